The number of methoxy groups -OCH3 is 1. The number of amides is 1. The lowest BCUT2D eigenvalue weighted by Gasteiger charge is -2.25. The highest BCUT2D eigenvalue weighted by molar-refractivity contribution is 6.51. The average Bonchev–Trinajstić information content (AvgIpc) is 3.04. The highest BCUT2D eigenvalue weighted by atomic mass is 19.1. The Kier molecular flexibility index (Phi) is 5.36. The molecule has 3 aromatic carbocycles. The molecule has 0 radical (unpaired) electrons. The predicted molar refractivity (Wildman–Crippen MR) is 112 cm³/mol. The van der Waals surface area contributed by atoms with Gasteiger partial charge < -0.3 is 14.9 Å². The number of phenols is 1. The second kappa shape index (κ2) is 8.14. The van der Waals surface area contributed by atoms with Crippen molar-refractivity contribution in [3.05, 3.63) is 95.1 Å². The van der Waals surface area contributed by atoms with Crippen LogP contribution in [0.1, 0.15) is 17.2 Å². The number of anilines is 1. The van der Waals surface area contributed by atoms with Gasteiger partial charge in [0.05, 0.1) is 24.4 Å². The van der Waals surface area contributed by atoms with E-state index in [2.05, 4.69) is 0 Å². The maximum absolute atomic E-state index is 14.6. The largest absolute Gasteiger partial charge is 0.508 e. The zero-order valence-corrected chi connectivity index (χ0v) is 16.8. The van der Waals surface area contributed by atoms with Crippen LogP contribution in [0, 0.1) is 11.6 Å². The number of Topliss-reactive ketones (excluding diaryl/α,β-unsaturated/α-hetero) is 1. The maximum atomic E-state index is 14.6. The summed E-state index contributed by atoms with van der Waals surface area (Å²) < 4.78 is 33.2. The minimum absolute atomic E-state index is 0.0613. The molecule has 32 heavy (non-hydrogen) atoms. The van der Waals surface area contributed by atoms with Crippen molar-refractivity contribution < 1.29 is 33.3 Å². The molecule has 1 fully saturated rings. The number of carbonyl (C=O) groups excluding carboxylic acids is 2. The molecule has 1 amide bonds. The van der Waals surface area contributed by atoms with Crippen molar-refractivity contribution in [2.24, 2.45) is 0 Å². The summed E-state index contributed by atoms with van der Waals surface area (Å²) in [5, 5.41) is 20.6. The number of ether oxygens (including phenoxy) is 1. The molecule has 2 N–H and O–H groups in total. The normalized spacial score (nSPS) is 17.6. The number of phenolic OH excluding ortho intramolecular Hbond substituents is 1. The van der Waals surface area contributed by atoms with E-state index < -0.39 is 35.1 Å². The predicted octanol–water partition coefficient (Wildman–Crippen LogP) is 4.31. The molecule has 1 aliphatic rings. The molecule has 0 spiro atoms. The third-order valence-electron chi connectivity index (χ3n) is 5.19. The van der Waals surface area contributed by atoms with Crippen LogP contribution in [0.15, 0.2) is 72.3 Å². The maximum Gasteiger partial charge on any atom is 0.300 e. The molecule has 162 valence electrons. The molecule has 1 heterocycles. The second-order valence-corrected chi connectivity index (χ2v) is 7.08. The molecule has 0 aromatic heterocycles. The number of hydrogen-bond donors (Lipinski definition) is 2. The van der Waals surface area contributed by atoms with E-state index in [-0.39, 0.29) is 22.6 Å². The number of aromatic hydroxyl groups is 1. The first-order chi connectivity index (χ1) is 15.3. The summed E-state index contributed by atoms with van der Waals surface area (Å²) in [4.78, 5) is 26.8. The van der Waals surface area contributed by atoms with Crippen LogP contribution in [-0.4, -0.2) is 29.0 Å². The van der Waals surface area contributed by atoms with Crippen LogP contribution >= 0.6 is 0 Å². The van der Waals surface area contributed by atoms with Gasteiger partial charge in [-0.25, -0.2) is 8.78 Å². The van der Waals surface area contributed by atoms with Gasteiger partial charge in [-0.2, -0.15) is 0 Å². The van der Waals surface area contributed by atoms with Crippen molar-refractivity contribution in [2.45, 2.75) is 6.04 Å². The number of aliphatic hydroxyl groups is 1. The van der Waals surface area contributed by atoms with E-state index in [0.717, 1.165) is 17.0 Å². The van der Waals surface area contributed by atoms with Crippen molar-refractivity contribution in [3.63, 3.8) is 0 Å². The molecule has 0 aliphatic carbocycles. The Labute approximate surface area is 181 Å². The first-order valence-electron chi connectivity index (χ1n) is 9.51. The van der Waals surface area contributed by atoms with E-state index in [1.807, 2.05) is 0 Å². The summed E-state index contributed by atoms with van der Waals surface area (Å²) >= 11 is 0. The van der Waals surface area contributed by atoms with Crippen LogP contribution in [0.4, 0.5) is 14.5 Å². The summed E-state index contributed by atoms with van der Waals surface area (Å²) in [6.45, 7) is 0. The molecule has 8 heteroatoms. The van der Waals surface area contributed by atoms with E-state index >= 15 is 0 Å². The lowest BCUT2D eigenvalue weighted by molar-refractivity contribution is -0.132. The van der Waals surface area contributed by atoms with Crippen LogP contribution < -0.4 is 9.64 Å². The number of nitrogens with zero attached hydrogens (tertiary/aromatic N) is 1. The first-order valence-corrected chi connectivity index (χ1v) is 9.51. The Morgan fingerprint density at radius 3 is 2.22 bits per heavy atom. The van der Waals surface area contributed by atoms with Gasteiger partial charge in [0.2, 0.25) is 0 Å². The highest BCUT2D eigenvalue weighted by Gasteiger charge is 2.47. The summed E-state index contributed by atoms with van der Waals surface area (Å²) in [6, 6.07) is 13.1. The van der Waals surface area contributed by atoms with Gasteiger partial charge in [0.1, 0.15) is 28.9 Å². The van der Waals surface area contributed by atoms with Crippen molar-refractivity contribution in [1.82, 2.24) is 0 Å². The van der Waals surface area contributed by atoms with Gasteiger partial charge in [-0.1, -0.05) is 12.1 Å². The zero-order chi connectivity index (χ0) is 23.0. The molecule has 0 bridgehead atoms. The van der Waals surface area contributed by atoms with E-state index in [1.54, 1.807) is 12.1 Å². The van der Waals surface area contributed by atoms with Gasteiger partial charge in [-0.15, -0.1) is 0 Å². The van der Waals surface area contributed by atoms with Crippen LogP contribution in [0.25, 0.3) is 5.76 Å². The van der Waals surface area contributed by atoms with E-state index in [0.29, 0.717) is 17.4 Å². The minimum Gasteiger partial charge on any atom is -0.508 e. The monoisotopic (exact) mass is 437 g/mol. The van der Waals surface area contributed by atoms with Crippen LogP contribution in [0.3, 0.4) is 0 Å². The number of aliphatic hydroxyl groups excluding tert-OH is 1. The smallest absolute Gasteiger partial charge is 0.300 e. The SMILES string of the molecule is COc1ccc(/C(O)=C2\C(=O)C(=O)N(c3ccc(F)cc3F)C2c2ccc(O)cc2)cc1. The topological polar surface area (TPSA) is 87.1 Å². The molecular weight excluding hydrogens is 420 g/mol. The van der Waals surface area contributed by atoms with Crippen LogP contribution in [0.2, 0.25) is 0 Å². The molecule has 0 saturated carbocycles. The molecule has 1 aliphatic heterocycles. The molecular formula is C24H17F2NO5. The van der Waals surface area contributed by atoms with Crippen molar-refractivity contribution >= 4 is 23.1 Å². The summed E-state index contributed by atoms with van der Waals surface area (Å²) in [6.07, 6.45) is 0. The number of ketones is 1. The highest BCUT2D eigenvalue weighted by Crippen LogP contribution is 2.43. The van der Waals surface area contributed by atoms with E-state index in [9.17, 15) is 28.6 Å². The molecule has 6 nitrogen and oxygen atoms in total. The Morgan fingerprint density at radius 2 is 1.62 bits per heavy atom. The lowest BCUT2D eigenvalue weighted by atomic mass is 9.95. The standard InChI is InChI=1S/C24H17F2NO5/c1-32-17-9-4-14(5-10-17)22(29)20-21(13-2-7-16(28)8-3-13)27(24(31)23(20)30)19-11-6-15(25)12-18(19)26/h2-12,21,28-29H,1H3/b22-20+. The molecule has 1 unspecified atom stereocenters. The fraction of sp³-hybridized carbons (Fsp3) is 0.0833. The van der Waals surface area contributed by atoms with Crippen molar-refractivity contribution in [2.75, 3.05) is 12.0 Å². The number of hydrogen-bond acceptors (Lipinski definition) is 5. The fourth-order valence-electron chi connectivity index (χ4n) is 3.63. The van der Waals surface area contributed by atoms with Crippen molar-refractivity contribution in [1.29, 1.82) is 0 Å². The number of rotatable bonds is 4. The summed E-state index contributed by atoms with van der Waals surface area (Å²) in [5.74, 6) is -4.00. The molecule has 3 aromatic rings. The number of carbonyl (C=O) groups is 2. The van der Waals surface area contributed by atoms with Gasteiger partial charge in [0.15, 0.2) is 0 Å². The third-order valence-corrected chi connectivity index (χ3v) is 5.19. The number of halogens is 2. The minimum atomic E-state index is -1.21. The summed E-state index contributed by atoms with van der Waals surface area (Å²) in [5.41, 5.74) is -0.0112. The molecule has 1 saturated heterocycles. The van der Waals surface area contributed by atoms with Crippen LogP contribution in [-0.2, 0) is 9.59 Å². The average molecular weight is 437 g/mol. The van der Waals surface area contributed by atoms with Crippen LogP contribution in [0.5, 0.6) is 11.5 Å². The third kappa shape index (κ3) is 3.56. The van der Waals surface area contributed by atoms with Gasteiger partial charge in [0, 0.05) is 11.6 Å². The van der Waals surface area contributed by atoms with Gasteiger partial charge in [-0.05, 0) is 54.1 Å². The Balaban J connectivity index is 1.94. The Morgan fingerprint density at radius 1 is 0.969 bits per heavy atom. The quantitative estimate of drug-likeness (QED) is 0.361. The Hall–Kier alpha value is -4.20. The fourth-order valence-corrected chi connectivity index (χ4v) is 3.63. The lowest BCUT2D eigenvalue weighted by Crippen LogP contribution is -2.30. The van der Waals surface area contributed by atoms with Gasteiger partial charge >= 0.3 is 0 Å². The molecule has 1 atom stereocenters. The first kappa shape index (κ1) is 21.0. The zero-order valence-electron chi connectivity index (χ0n) is 16.8. The van der Waals surface area contributed by atoms with Gasteiger partial charge in [0.25, 0.3) is 11.7 Å². The Bertz CT molecular complexity index is 1240. The van der Waals surface area contributed by atoms with E-state index in [1.165, 1.54) is 43.5 Å². The second-order valence-electron chi connectivity index (χ2n) is 7.08. The van der Waals surface area contributed by atoms with Gasteiger partial charge in [-0.3, -0.25) is 14.5 Å². The summed E-state index contributed by atoms with van der Waals surface area (Å²) in [7, 11) is 1.47. The van der Waals surface area contributed by atoms with E-state index in [4.69, 9.17) is 4.74 Å². The van der Waals surface area contributed by atoms with Crippen molar-refractivity contribution in [3.8, 4) is 11.5 Å². The number of benzene rings is 3. The molecule has 4 rings (SSSR count).